The van der Waals surface area contributed by atoms with Gasteiger partial charge in [-0.15, -0.1) is 0 Å². The molecule has 2 amide bonds. The highest BCUT2D eigenvalue weighted by atomic mass is 35.5. The van der Waals surface area contributed by atoms with Gasteiger partial charge in [0.15, 0.2) is 0 Å². The smallest absolute Gasteiger partial charge is 0.327 e. The molecule has 0 spiro atoms. The Morgan fingerprint density at radius 1 is 1.18 bits per heavy atom. The van der Waals surface area contributed by atoms with Crippen molar-refractivity contribution in [1.29, 1.82) is 0 Å². The number of ether oxygens (including phenoxy) is 2. The Morgan fingerprint density at radius 3 is 2.48 bits per heavy atom. The predicted molar refractivity (Wildman–Crippen MR) is 151 cm³/mol. The van der Waals surface area contributed by atoms with Crippen LogP contribution in [-0.2, 0) is 9.53 Å². The summed E-state index contributed by atoms with van der Waals surface area (Å²) < 4.78 is 41.1. The number of aliphatic hydroxyl groups is 1. The molecule has 228 valence electrons. The van der Waals surface area contributed by atoms with E-state index in [0.717, 1.165) is 23.7 Å². The van der Waals surface area contributed by atoms with Crippen LogP contribution in [0, 0.1) is 17.8 Å². The quantitative estimate of drug-likeness (QED) is 0.178. The molecule has 40 heavy (non-hydrogen) atoms. The summed E-state index contributed by atoms with van der Waals surface area (Å²) in [5.74, 6) is -5.97. The molecule has 4 N–H and O–H groups in total. The maximum Gasteiger partial charge on any atom is 0.327 e. The number of nitrogens with two attached hydrogens (primary N) is 1. The van der Waals surface area contributed by atoms with Gasteiger partial charge in [-0.25, -0.2) is 0 Å². The molecule has 8 nitrogen and oxygen atoms in total. The van der Waals surface area contributed by atoms with E-state index in [0.29, 0.717) is 50.2 Å². The molecular weight excluding hydrogens is 544 g/mol. The van der Waals surface area contributed by atoms with Crippen molar-refractivity contribution in [3.63, 3.8) is 0 Å². The van der Waals surface area contributed by atoms with E-state index < -0.39 is 35.8 Å². The number of amides is 2. The number of alkyl halides is 2. The third kappa shape index (κ3) is 10.4. The molecule has 2 rings (SSSR count). The van der Waals surface area contributed by atoms with Crippen molar-refractivity contribution in [3.05, 3.63) is 29.8 Å². The largest absolute Gasteiger partial charge is 0.493 e. The van der Waals surface area contributed by atoms with Gasteiger partial charge in [-0.2, -0.15) is 8.78 Å². The van der Waals surface area contributed by atoms with Crippen molar-refractivity contribution in [2.75, 3.05) is 33.4 Å². The van der Waals surface area contributed by atoms with Crippen molar-refractivity contribution in [2.45, 2.75) is 83.3 Å². The first-order valence-electron chi connectivity index (χ1n) is 14.3. The Bertz CT molecular complexity index is 917. The molecule has 1 aromatic carbocycles. The summed E-state index contributed by atoms with van der Waals surface area (Å²) in [5, 5.41) is 12.7. The summed E-state index contributed by atoms with van der Waals surface area (Å²) in [5.41, 5.74) is 6.54. The Labute approximate surface area is 242 Å². The topological polar surface area (TPSA) is 114 Å². The number of hydrogen-bond donors (Lipinski definition) is 3. The minimum atomic E-state index is -3.48. The first-order valence-corrected chi connectivity index (χ1v) is 14.6. The van der Waals surface area contributed by atoms with Gasteiger partial charge in [-0.3, -0.25) is 14.0 Å². The molecule has 3 atom stereocenters. The standard InChI is InChI=1S/C29H46ClF2N3O5/c1-20(2)21(17-24(33)25(36)18-34-28(38)29(31,32)22-11-5-4-6-12-22)19-35(30)27(37)23-13-7-8-14-26(23)40-16-10-9-15-39-3/h7-8,13-14,20-22,24-25,36H,4-6,9-12,15-19,33H2,1-3H3,(H,34,38)/t21-,24+,25+/m1/s1. The molecular formula is C29H46ClF2N3O5. The van der Waals surface area contributed by atoms with Crippen molar-refractivity contribution in [3.8, 4) is 5.75 Å². The minimum Gasteiger partial charge on any atom is -0.493 e. The Hall–Kier alpha value is -2.01. The van der Waals surface area contributed by atoms with Gasteiger partial charge >= 0.3 is 5.92 Å². The number of rotatable bonds is 17. The third-order valence-electron chi connectivity index (χ3n) is 7.64. The van der Waals surface area contributed by atoms with Gasteiger partial charge in [0, 0.05) is 50.5 Å². The summed E-state index contributed by atoms with van der Waals surface area (Å²) >= 11 is 6.44. The van der Waals surface area contributed by atoms with Crippen molar-refractivity contribution in [2.24, 2.45) is 23.5 Å². The van der Waals surface area contributed by atoms with Gasteiger partial charge in [0.05, 0.1) is 18.3 Å². The number of unbranched alkanes of at least 4 members (excludes halogenated alkanes) is 1. The van der Waals surface area contributed by atoms with Crippen LogP contribution in [0.3, 0.4) is 0 Å². The van der Waals surface area contributed by atoms with Crippen LogP contribution in [0.25, 0.3) is 0 Å². The van der Waals surface area contributed by atoms with Crippen molar-refractivity contribution >= 4 is 23.6 Å². The number of aliphatic hydroxyl groups excluding tert-OH is 1. The summed E-state index contributed by atoms with van der Waals surface area (Å²) in [6.45, 7) is 4.72. The second-order valence-corrected chi connectivity index (χ2v) is 11.4. The van der Waals surface area contributed by atoms with Crippen LogP contribution in [0.15, 0.2) is 24.3 Å². The average molecular weight is 590 g/mol. The zero-order valence-electron chi connectivity index (χ0n) is 23.9. The van der Waals surface area contributed by atoms with Crippen molar-refractivity contribution < 1.29 is 33.0 Å². The lowest BCUT2D eigenvalue weighted by Gasteiger charge is -2.31. The molecule has 1 aliphatic carbocycles. The summed E-state index contributed by atoms with van der Waals surface area (Å²) in [4.78, 5) is 25.4. The normalized spacial score (nSPS) is 16.8. The van der Waals surface area contributed by atoms with Gasteiger partial charge in [0.1, 0.15) is 5.75 Å². The van der Waals surface area contributed by atoms with E-state index in [-0.39, 0.29) is 31.3 Å². The van der Waals surface area contributed by atoms with E-state index >= 15 is 0 Å². The molecule has 1 saturated carbocycles. The summed E-state index contributed by atoms with van der Waals surface area (Å²) in [7, 11) is 1.64. The number of methoxy groups -OCH3 is 1. The molecule has 0 bridgehead atoms. The van der Waals surface area contributed by atoms with E-state index in [1.165, 1.54) is 0 Å². The fraction of sp³-hybridized carbons (Fsp3) is 0.724. The molecule has 1 aliphatic rings. The zero-order valence-corrected chi connectivity index (χ0v) is 24.7. The van der Waals surface area contributed by atoms with Gasteiger partial charge < -0.3 is 25.6 Å². The number of nitrogens with zero attached hydrogens (tertiary/aromatic N) is 1. The van der Waals surface area contributed by atoms with E-state index in [2.05, 4.69) is 5.32 Å². The SMILES string of the molecule is COCCCCOc1ccccc1C(=O)N(Cl)C[C@@H](C[C@H](N)[C@@H](O)CNC(=O)C(F)(F)C1CCCCC1)C(C)C. The highest BCUT2D eigenvalue weighted by Crippen LogP contribution is 2.36. The lowest BCUT2D eigenvalue weighted by Crippen LogP contribution is -2.51. The average Bonchev–Trinajstić information content (AvgIpc) is 2.95. The van der Waals surface area contributed by atoms with E-state index in [1.807, 2.05) is 13.8 Å². The minimum absolute atomic E-state index is 0.0461. The van der Waals surface area contributed by atoms with E-state index in [1.54, 1.807) is 31.4 Å². The predicted octanol–water partition coefficient (Wildman–Crippen LogP) is 4.77. The summed E-state index contributed by atoms with van der Waals surface area (Å²) in [6.07, 6.45) is 3.55. The molecule has 0 aliphatic heterocycles. The van der Waals surface area contributed by atoms with Crippen LogP contribution >= 0.6 is 11.8 Å². The van der Waals surface area contributed by atoms with E-state index in [9.17, 15) is 23.5 Å². The van der Waals surface area contributed by atoms with Gasteiger partial charge in [0.2, 0.25) is 0 Å². The number of nitrogens with one attached hydrogen (secondary N) is 1. The van der Waals surface area contributed by atoms with Gasteiger partial charge in [-0.1, -0.05) is 45.2 Å². The van der Waals surface area contributed by atoms with Crippen LogP contribution in [0.2, 0.25) is 0 Å². The summed E-state index contributed by atoms with van der Waals surface area (Å²) in [6, 6.07) is 6.05. The Balaban J connectivity index is 1.92. The highest BCUT2D eigenvalue weighted by Gasteiger charge is 2.47. The van der Waals surface area contributed by atoms with Crippen LogP contribution in [0.5, 0.6) is 5.75 Å². The number of halogens is 3. The second kappa shape index (κ2) is 17.1. The Kier molecular flexibility index (Phi) is 14.6. The van der Waals surface area contributed by atoms with Crippen LogP contribution < -0.4 is 15.8 Å². The van der Waals surface area contributed by atoms with Crippen LogP contribution in [-0.4, -0.2) is 72.8 Å². The number of hydrogen-bond acceptors (Lipinski definition) is 6. The lowest BCUT2D eigenvalue weighted by molar-refractivity contribution is -0.156. The molecule has 11 heteroatoms. The van der Waals surface area contributed by atoms with Crippen LogP contribution in [0.4, 0.5) is 8.78 Å². The maximum atomic E-state index is 14.6. The van der Waals surface area contributed by atoms with Gasteiger partial charge in [0.25, 0.3) is 11.8 Å². The molecule has 0 saturated heterocycles. The third-order valence-corrected chi connectivity index (χ3v) is 7.93. The molecule has 0 radical (unpaired) electrons. The second-order valence-electron chi connectivity index (χ2n) is 11.0. The number of para-hydroxylation sites is 1. The van der Waals surface area contributed by atoms with Crippen molar-refractivity contribution in [1.82, 2.24) is 9.74 Å². The molecule has 0 aromatic heterocycles. The molecule has 0 heterocycles. The van der Waals surface area contributed by atoms with E-state index in [4.69, 9.17) is 27.0 Å². The number of benzene rings is 1. The molecule has 1 aromatic rings. The highest BCUT2D eigenvalue weighted by molar-refractivity contribution is 6.24. The monoisotopic (exact) mass is 589 g/mol. The lowest BCUT2D eigenvalue weighted by atomic mass is 9.84. The maximum absolute atomic E-state index is 14.6. The number of carbonyl (C=O) groups is 2. The first-order chi connectivity index (χ1) is 19.0. The van der Waals surface area contributed by atoms with Crippen LogP contribution in [0.1, 0.15) is 75.6 Å². The molecule has 1 fully saturated rings. The zero-order chi connectivity index (χ0) is 29.7. The van der Waals surface area contributed by atoms with Gasteiger partial charge in [-0.05, 0) is 56.1 Å². The molecule has 0 unspecified atom stereocenters. The fourth-order valence-electron chi connectivity index (χ4n) is 4.90. The first kappa shape index (κ1) is 34.2. The number of carbonyl (C=O) groups excluding carboxylic acids is 2. The Morgan fingerprint density at radius 2 is 1.82 bits per heavy atom. The fourth-order valence-corrected chi connectivity index (χ4v) is 5.17.